The van der Waals surface area contributed by atoms with Crippen LogP contribution in [0.1, 0.15) is 53.3 Å². The van der Waals surface area contributed by atoms with Crippen molar-refractivity contribution in [1.29, 1.82) is 0 Å². The quantitative estimate of drug-likeness (QED) is 0.648. The third-order valence-electron chi connectivity index (χ3n) is 4.26. The number of nitrogens with one attached hydrogen (secondary N) is 1. The van der Waals surface area contributed by atoms with Gasteiger partial charge in [0.05, 0.1) is 0 Å². The summed E-state index contributed by atoms with van der Waals surface area (Å²) >= 11 is 2.57. The molecule has 2 aromatic heterocycles. The van der Waals surface area contributed by atoms with Crippen molar-refractivity contribution in [3.63, 3.8) is 0 Å². The number of hydrogen-bond donors (Lipinski definition) is 1. The molecular weight excluding hydrogens is 404 g/mol. The van der Waals surface area contributed by atoms with Gasteiger partial charge in [-0.2, -0.15) is 0 Å². The van der Waals surface area contributed by atoms with E-state index >= 15 is 0 Å². The third kappa shape index (κ3) is 4.89. The number of carbonyl (C=O) groups excluding carboxylic acids is 2. The molecule has 0 bridgehead atoms. The van der Waals surface area contributed by atoms with Crippen molar-refractivity contribution in [3.8, 4) is 0 Å². The molecule has 1 aromatic carbocycles. The lowest BCUT2D eigenvalue weighted by Crippen LogP contribution is -2.49. The zero-order valence-electron chi connectivity index (χ0n) is 17.1. The predicted octanol–water partition coefficient (Wildman–Crippen LogP) is 4.52. The second kappa shape index (κ2) is 8.42. The van der Waals surface area contributed by atoms with E-state index in [0.29, 0.717) is 5.69 Å². The zero-order valence-corrected chi connectivity index (χ0v) is 18.7. The molecule has 152 valence electrons. The second-order valence-corrected chi connectivity index (χ2v) is 9.47. The van der Waals surface area contributed by atoms with E-state index in [9.17, 15) is 9.59 Å². The fourth-order valence-electron chi connectivity index (χ4n) is 2.93. The molecule has 0 fully saturated rings. The van der Waals surface area contributed by atoms with Crippen LogP contribution in [0, 0.1) is 13.8 Å². The molecule has 29 heavy (non-hydrogen) atoms. The Morgan fingerprint density at radius 3 is 2.31 bits per heavy atom. The van der Waals surface area contributed by atoms with Crippen LogP contribution >= 0.6 is 22.9 Å². The molecule has 0 saturated heterocycles. The molecule has 3 aromatic rings. The van der Waals surface area contributed by atoms with E-state index in [0.717, 1.165) is 27.5 Å². The summed E-state index contributed by atoms with van der Waals surface area (Å²) in [6, 6.07) is 8.70. The number of thiophene rings is 1. The van der Waals surface area contributed by atoms with Gasteiger partial charge in [-0.05, 0) is 75.3 Å². The summed E-state index contributed by atoms with van der Waals surface area (Å²) in [4.78, 5) is 29.2. The van der Waals surface area contributed by atoms with Gasteiger partial charge in [-0.3, -0.25) is 14.5 Å². The number of hydrogen-bond acceptors (Lipinski definition) is 6. The van der Waals surface area contributed by atoms with Crippen LogP contribution in [-0.4, -0.2) is 26.9 Å². The van der Waals surface area contributed by atoms with Gasteiger partial charge in [0.2, 0.25) is 5.91 Å². The molecule has 8 heteroatoms. The first-order chi connectivity index (χ1) is 13.7. The van der Waals surface area contributed by atoms with Crippen molar-refractivity contribution < 1.29 is 9.59 Å². The first-order valence-corrected chi connectivity index (χ1v) is 10.9. The average Bonchev–Trinajstić information content (AvgIpc) is 3.30. The highest BCUT2D eigenvalue weighted by Gasteiger charge is 2.37. The normalized spacial score (nSPS) is 12.4. The number of aromatic nitrogens is 2. The van der Waals surface area contributed by atoms with Gasteiger partial charge in [0.15, 0.2) is 11.7 Å². The van der Waals surface area contributed by atoms with Gasteiger partial charge in [-0.15, -0.1) is 16.4 Å². The van der Waals surface area contributed by atoms with Gasteiger partial charge < -0.3 is 5.32 Å². The summed E-state index contributed by atoms with van der Waals surface area (Å²) < 4.78 is 3.82. The molecule has 0 spiro atoms. The Balaban J connectivity index is 2.16. The van der Waals surface area contributed by atoms with Crippen LogP contribution < -0.4 is 10.2 Å². The second-order valence-electron chi connectivity index (χ2n) is 7.91. The highest BCUT2D eigenvalue weighted by Crippen LogP contribution is 2.34. The SMILES string of the molecule is Cc1ccc(N(C(=O)c2csnn2)[C@H](C(=O)NC(C)(C)C)c2sccc2C)cc1. The van der Waals surface area contributed by atoms with Crippen LogP contribution in [0.5, 0.6) is 0 Å². The lowest BCUT2D eigenvalue weighted by molar-refractivity contribution is -0.123. The van der Waals surface area contributed by atoms with Crippen LogP contribution in [0.4, 0.5) is 5.69 Å². The van der Waals surface area contributed by atoms with Gasteiger partial charge in [0.1, 0.15) is 0 Å². The highest BCUT2D eigenvalue weighted by molar-refractivity contribution is 7.10. The molecule has 0 aliphatic carbocycles. The van der Waals surface area contributed by atoms with E-state index in [1.54, 1.807) is 5.38 Å². The monoisotopic (exact) mass is 428 g/mol. The predicted molar refractivity (Wildman–Crippen MR) is 118 cm³/mol. The van der Waals surface area contributed by atoms with Crippen molar-refractivity contribution >= 4 is 40.4 Å². The fourth-order valence-corrected chi connectivity index (χ4v) is 4.37. The Morgan fingerprint density at radius 1 is 1.10 bits per heavy atom. The van der Waals surface area contributed by atoms with Gasteiger partial charge >= 0.3 is 0 Å². The lowest BCUT2D eigenvalue weighted by Gasteiger charge is -2.33. The smallest absolute Gasteiger partial charge is 0.280 e. The molecule has 0 radical (unpaired) electrons. The Bertz CT molecular complexity index is 989. The molecule has 0 aliphatic rings. The number of benzene rings is 1. The molecule has 2 amide bonds. The van der Waals surface area contributed by atoms with Crippen LogP contribution in [0.15, 0.2) is 41.1 Å². The van der Waals surface area contributed by atoms with Crippen LogP contribution in [0.2, 0.25) is 0 Å². The standard InChI is InChI=1S/C21H24N4O2S2/c1-13-6-8-15(9-7-13)25(20(27)16-12-29-24-23-16)17(18-14(2)10-11-28-18)19(26)22-21(3,4)5/h6-12,17H,1-5H3,(H,22,26)/t17-/m0/s1. The van der Waals surface area contributed by atoms with Crippen molar-refractivity contribution in [1.82, 2.24) is 14.9 Å². The number of nitrogens with zero attached hydrogens (tertiary/aromatic N) is 3. The van der Waals surface area contributed by atoms with Crippen molar-refractivity contribution in [2.75, 3.05) is 4.90 Å². The number of rotatable bonds is 5. The summed E-state index contributed by atoms with van der Waals surface area (Å²) in [6.45, 7) is 9.70. The molecule has 0 aliphatic heterocycles. The van der Waals surface area contributed by atoms with Gasteiger partial charge in [0, 0.05) is 21.5 Å². The van der Waals surface area contributed by atoms with E-state index in [-0.39, 0.29) is 17.5 Å². The molecule has 0 unspecified atom stereocenters. The number of amides is 2. The van der Waals surface area contributed by atoms with E-state index < -0.39 is 11.6 Å². The molecule has 1 atom stereocenters. The number of aryl methyl sites for hydroxylation is 2. The fraction of sp³-hybridized carbons (Fsp3) is 0.333. The molecular formula is C21H24N4O2S2. The summed E-state index contributed by atoms with van der Waals surface area (Å²) in [5.74, 6) is -0.593. The van der Waals surface area contributed by atoms with E-state index in [1.165, 1.54) is 16.2 Å². The molecule has 0 saturated carbocycles. The van der Waals surface area contributed by atoms with Gasteiger partial charge in [-0.1, -0.05) is 22.2 Å². The van der Waals surface area contributed by atoms with Crippen molar-refractivity contribution in [3.05, 3.63) is 62.8 Å². The maximum absolute atomic E-state index is 13.5. The Labute approximate surface area is 178 Å². The van der Waals surface area contributed by atoms with Crippen LogP contribution in [0.3, 0.4) is 0 Å². The minimum absolute atomic E-state index is 0.221. The maximum atomic E-state index is 13.5. The highest BCUT2D eigenvalue weighted by atomic mass is 32.1. The lowest BCUT2D eigenvalue weighted by atomic mass is 10.0. The Hall–Kier alpha value is -2.58. The number of anilines is 1. The van der Waals surface area contributed by atoms with Gasteiger partial charge in [0.25, 0.3) is 5.91 Å². The zero-order chi connectivity index (χ0) is 21.2. The number of carbonyl (C=O) groups is 2. The molecule has 2 heterocycles. The summed E-state index contributed by atoms with van der Waals surface area (Å²) in [5, 5.41) is 10.5. The van der Waals surface area contributed by atoms with E-state index in [4.69, 9.17) is 0 Å². The largest absolute Gasteiger partial charge is 0.349 e. The summed E-state index contributed by atoms with van der Waals surface area (Å²) in [5.41, 5.74) is 2.45. The summed E-state index contributed by atoms with van der Waals surface area (Å²) in [6.07, 6.45) is 0. The third-order valence-corrected chi connectivity index (χ3v) is 5.84. The first kappa shape index (κ1) is 21.1. The topological polar surface area (TPSA) is 75.2 Å². The van der Waals surface area contributed by atoms with Crippen LogP contribution in [0.25, 0.3) is 0 Å². The first-order valence-electron chi connectivity index (χ1n) is 9.20. The van der Waals surface area contributed by atoms with Crippen LogP contribution in [-0.2, 0) is 4.79 Å². The van der Waals surface area contributed by atoms with Crippen molar-refractivity contribution in [2.45, 2.75) is 46.2 Å². The minimum Gasteiger partial charge on any atom is -0.349 e. The Morgan fingerprint density at radius 2 is 1.79 bits per heavy atom. The average molecular weight is 429 g/mol. The molecule has 3 rings (SSSR count). The van der Waals surface area contributed by atoms with Gasteiger partial charge in [-0.25, -0.2) is 0 Å². The van der Waals surface area contributed by atoms with Crippen molar-refractivity contribution in [2.24, 2.45) is 0 Å². The molecule has 6 nitrogen and oxygen atoms in total. The minimum atomic E-state index is -0.814. The summed E-state index contributed by atoms with van der Waals surface area (Å²) in [7, 11) is 0. The van der Waals surface area contributed by atoms with E-state index in [1.807, 2.05) is 70.3 Å². The Kier molecular flexibility index (Phi) is 6.14. The van der Waals surface area contributed by atoms with E-state index in [2.05, 4.69) is 14.9 Å². The molecule has 1 N–H and O–H groups in total. The maximum Gasteiger partial charge on any atom is 0.280 e.